The lowest BCUT2D eigenvalue weighted by Gasteiger charge is -1.96. The van der Waals surface area contributed by atoms with E-state index in [-0.39, 0.29) is 0 Å². The molecule has 3 nitrogen and oxygen atoms in total. The Morgan fingerprint density at radius 2 is 2.33 bits per heavy atom. The molecule has 0 bridgehead atoms. The summed E-state index contributed by atoms with van der Waals surface area (Å²) in [6, 6.07) is 0. The van der Waals surface area contributed by atoms with E-state index in [1.165, 1.54) is 36.2 Å². The molecule has 0 aliphatic heterocycles. The lowest BCUT2D eigenvalue weighted by Crippen LogP contribution is -2.07. The number of aromatic nitrogens is 2. The van der Waals surface area contributed by atoms with Gasteiger partial charge in [0.25, 0.3) is 0 Å². The zero-order chi connectivity index (χ0) is 8.55. The van der Waals surface area contributed by atoms with E-state index in [1.54, 1.807) is 0 Å². The fourth-order valence-electron chi connectivity index (χ4n) is 2.01. The summed E-state index contributed by atoms with van der Waals surface area (Å²) in [5.41, 5.74) is 4.18. The van der Waals surface area contributed by atoms with Crippen molar-refractivity contribution < 1.29 is 0 Å². The molecule has 1 N–H and O–H groups in total. The Balaban J connectivity index is 2.37. The summed E-state index contributed by atoms with van der Waals surface area (Å²) in [6.45, 7) is 0.906. The van der Waals surface area contributed by atoms with Gasteiger partial charge in [0.05, 0.1) is 5.69 Å². The Bertz CT molecular complexity index is 288. The van der Waals surface area contributed by atoms with Gasteiger partial charge >= 0.3 is 0 Å². The lowest BCUT2D eigenvalue weighted by atomic mass is 10.2. The highest BCUT2D eigenvalue weighted by atomic mass is 15.3. The van der Waals surface area contributed by atoms with Gasteiger partial charge in [-0.25, -0.2) is 0 Å². The van der Waals surface area contributed by atoms with Gasteiger partial charge in [0.2, 0.25) is 0 Å². The molecular formula is C9H15N3. The minimum Gasteiger partial charge on any atom is -0.314 e. The Morgan fingerprint density at radius 1 is 1.50 bits per heavy atom. The summed E-state index contributed by atoms with van der Waals surface area (Å²) < 4.78 is 2.04. The Morgan fingerprint density at radius 3 is 3.08 bits per heavy atom. The maximum Gasteiger partial charge on any atom is 0.0797 e. The number of aryl methyl sites for hydroxylation is 1. The molecule has 0 aromatic carbocycles. The van der Waals surface area contributed by atoms with Gasteiger partial charge < -0.3 is 5.32 Å². The summed E-state index contributed by atoms with van der Waals surface area (Å²) in [7, 11) is 4.01. The molecule has 0 atom stereocenters. The van der Waals surface area contributed by atoms with Gasteiger partial charge in [0, 0.05) is 19.3 Å². The molecule has 1 aromatic rings. The predicted molar refractivity (Wildman–Crippen MR) is 48.0 cm³/mol. The summed E-state index contributed by atoms with van der Waals surface area (Å²) in [6.07, 6.45) is 3.74. The van der Waals surface area contributed by atoms with E-state index in [2.05, 4.69) is 10.4 Å². The van der Waals surface area contributed by atoms with Crippen molar-refractivity contribution in [3.8, 4) is 0 Å². The molecule has 2 rings (SSSR count). The molecular weight excluding hydrogens is 150 g/mol. The molecule has 0 saturated heterocycles. The van der Waals surface area contributed by atoms with Crippen LogP contribution in [-0.4, -0.2) is 16.8 Å². The largest absolute Gasteiger partial charge is 0.314 e. The standard InChI is InChI=1S/C9H15N3/c1-10-6-8-7-4-3-5-9(7)12(2)11-8/h10H,3-6H2,1-2H3. The minimum atomic E-state index is 0.906. The van der Waals surface area contributed by atoms with Crippen LogP contribution in [0.25, 0.3) is 0 Å². The first-order valence-electron chi connectivity index (χ1n) is 4.51. The molecule has 0 unspecified atom stereocenters. The van der Waals surface area contributed by atoms with Gasteiger partial charge in [-0.05, 0) is 31.9 Å². The van der Waals surface area contributed by atoms with Crippen LogP contribution in [0.5, 0.6) is 0 Å². The predicted octanol–water partition coefficient (Wildman–Crippen LogP) is 0.628. The van der Waals surface area contributed by atoms with Crippen molar-refractivity contribution >= 4 is 0 Å². The van der Waals surface area contributed by atoms with Crippen molar-refractivity contribution in [2.45, 2.75) is 25.8 Å². The summed E-state index contributed by atoms with van der Waals surface area (Å²) >= 11 is 0. The van der Waals surface area contributed by atoms with E-state index in [0.29, 0.717) is 0 Å². The SMILES string of the molecule is CNCc1nn(C)c2c1CCC2. The maximum atomic E-state index is 4.48. The third-order valence-corrected chi connectivity index (χ3v) is 2.54. The molecule has 12 heavy (non-hydrogen) atoms. The Kier molecular flexibility index (Phi) is 1.89. The highest BCUT2D eigenvalue weighted by Gasteiger charge is 2.19. The van der Waals surface area contributed by atoms with Gasteiger partial charge in [-0.15, -0.1) is 0 Å². The van der Waals surface area contributed by atoms with E-state index in [1.807, 2.05) is 18.8 Å². The molecule has 1 aliphatic rings. The average Bonchev–Trinajstić information content (AvgIpc) is 2.58. The zero-order valence-corrected chi connectivity index (χ0v) is 7.72. The Labute approximate surface area is 72.8 Å². The van der Waals surface area contributed by atoms with Crippen molar-refractivity contribution in [2.75, 3.05) is 7.05 Å². The van der Waals surface area contributed by atoms with Crippen molar-refractivity contribution in [3.05, 3.63) is 17.0 Å². The highest BCUT2D eigenvalue weighted by Crippen LogP contribution is 2.24. The van der Waals surface area contributed by atoms with Crippen LogP contribution in [0.2, 0.25) is 0 Å². The molecule has 0 saturated carbocycles. The lowest BCUT2D eigenvalue weighted by molar-refractivity contribution is 0.671. The fourth-order valence-corrected chi connectivity index (χ4v) is 2.01. The quantitative estimate of drug-likeness (QED) is 0.696. The van der Waals surface area contributed by atoms with Gasteiger partial charge in [0.1, 0.15) is 0 Å². The zero-order valence-electron chi connectivity index (χ0n) is 7.72. The third kappa shape index (κ3) is 1.05. The monoisotopic (exact) mass is 165 g/mol. The van der Waals surface area contributed by atoms with E-state index in [4.69, 9.17) is 0 Å². The van der Waals surface area contributed by atoms with Crippen LogP contribution in [0.1, 0.15) is 23.4 Å². The highest BCUT2D eigenvalue weighted by molar-refractivity contribution is 5.30. The van der Waals surface area contributed by atoms with Gasteiger partial charge in [-0.3, -0.25) is 4.68 Å². The molecule has 1 aliphatic carbocycles. The summed E-state index contributed by atoms with van der Waals surface area (Å²) in [5.74, 6) is 0. The molecule has 0 amide bonds. The Hall–Kier alpha value is -0.830. The van der Waals surface area contributed by atoms with Crippen LogP contribution in [-0.2, 0) is 26.4 Å². The van der Waals surface area contributed by atoms with Gasteiger partial charge in [-0.1, -0.05) is 0 Å². The van der Waals surface area contributed by atoms with Crippen LogP contribution in [0.15, 0.2) is 0 Å². The molecule has 66 valence electrons. The van der Waals surface area contributed by atoms with Crippen molar-refractivity contribution in [1.82, 2.24) is 15.1 Å². The first-order valence-corrected chi connectivity index (χ1v) is 4.51. The second-order valence-electron chi connectivity index (χ2n) is 3.38. The fraction of sp³-hybridized carbons (Fsp3) is 0.667. The number of rotatable bonds is 2. The van der Waals surface area contributed by atoms with Crippen molar-refractivity contribution in [3.63, 3.8) is 0 Å². The van der Waals surface area contributed by atoms with Gasteiger partial charge in [0.15, 0.2) is 0 Å². The van der Waals surface area contributed by atoms with Crippen LogP contribution < -0.4 is 5.32 Å². The van der Waals surface area contributed by atoms with E-state index in [9.17, 15) is 0 Å². The van der Waals surface area contributed by atoms with Crippen LogP contribution in [0.3, 0.4) is 0 Å². The molecule has 0 spiro atoms. The number of fused-ring (bicyclic) bond motifs is 1. The first kappa shape index (κ1) is 7.80. The van der Waals surface area contributed by atoms with E-state index >= 15 is 0 Å². The number of nitrogens with one attached hydrogen (secondary N) is 1. The van der Waals surface area contributed by atoms with E-state index in [0.717, 1.165) is 6.54 Å². The van der Waals surface area contributed by atoms with Crippen LogP contribution in [0.4, 0.5) is 0 Å². The topological polar surface area (TPSA) is 29.9 Å². The third-order valence-electron chi connectivity index (χ3n) is 2.54. The number of hydrogen-bond donors (Lipinski definition) is 1. The van der Waals surface area contributed by atoms with E-state index < -0.39 is 0 Å². The van der Waals surface area contributed by atoms with Crippen molar-refractivity contribution in [1.29, 1.82) is 0 Å². The summed E-state index contributed by atoms with van der Waals surface area (Å²) in [4.78, 5) is 0. The van der Waals surface area contributed by atoms with Crippen LogP contribution in [0, 0.1) is 0 Å². The molecule has 1 aromatic heterocycles. The first-order chi connectivity index (χ1) is 5.83. The molecule has 0 fully saturated rings. The molecule has 0 radical (unpaired) electrons. The maximum absolute atomic E-state index is 4.48. The van der Waals surface area contributed by atoms with Gasteiger partial charge in [-0.2, -0.15) is 5.10 Å². The molecule has 3 heteroatoms. The van der Waals surface area contributed by atoms with Crippen LogP contribution >= 0.6 is 0 Å². The smallest absolute Gasteiger partial charge is 0.0797 e. The second kappa shape index (κ2) is 2.90. The summed E-state index contributed by atoms with van der Waals surface area (Å²) in [5, 5.41) is 7.63. The normalized spacial score (nSPS) is 15.2. The number of hydrogen-bond acceptors (Lipinski definition) is 2. The van der Waals surface area contributed by atoms with Crippen molar-refractivity contribution in [2.24, 2.45) is 7.05 Å². The average molecular weight is 165 g/mol. The minimum absolute atomic E-state index is 0.906. The molecule has 1 heterocycles. The second-order valence-corrected chi connectivity index (χ2v) is 3.38. The number of nitrogens with zero attached hydrogens (tertiary/aromatic N) is 2.